The lowest BCUT2D eigenvalue weighted by Crippen LogP contribution is -2.44. The minimum Gasteiger partial charge on any atom is -0.493 e. The van der Waals surface area contributed by atoms with Crippen LogP contribution in [-0.2, 0) is 16.2 Å². The molecule has 9 heteroatoms. The van der Waals surface area contributed by atoms with Crippen LogP contribution in [0.3, 0.4) is 0 Å². The predicted molar refractivity (Wildman–Crippen MR) is 118 cm³/mol. The number of ether oxygens (including phenoxy) is 3. The fourth-order valence-corrected chi connectivity index (χ4v) is 4.21. The molecular weight excluding hydrogens is 412 g/mol. The lowest BCUT2D eigenvalue weighted by atomic mass is 10.1. The Morgan fingerprint density at radius 1 is 1.16 bits per heavy atom. The van der Waals surface area contributed by atoms with E-state index in [1.54, 1.807) is 7.11 Å². The summed E-state index contributed by atoms with van der Waals surface area (Å²) in [7, 11) is 1.63. The lowest BCUT2D eigenvalue weighted by molar-refractivity contribution is -0.194. The largest absolute Gasteiger partial charge is 0.493 e. The summed E-state index contributed by atoms with van der Waals surface area (Å²) >= 11 is 0. The third-order valence-electron chi connectivity index (χ3n) is 5.96. The van der Waals surface area contributed by atoms with E-state index >= 15 is 0 Å². The fourth-order valence-electron chi connectivity index (χ4n) is 4.21. The van der Waals surface area contributed by atoms with E-state index in [4.69, 9.17) is 34.7 Å². The molecule has 1 fully saturated rings. The van der Waals surface area contributed by atoms with Gasteiger partial charge in [0.05, 0.1) is 43.5 Å². The SMILES string of the molecule is COc1cc2c(cc1OCCCN1CCOCC1)=NCN(c1cccc3c1COO3)C=2N. The summed E-state index contributed by atoms with van der Waals surface area (Å²) in [5.41, 5.74) is 8.47. The number of hydrogen-bond donors (Lipinski definition) is 1. The van der Waals surface area contributed by atoms with Crippen LogP contribution in [0.25, 0.3) is 5.82 Å². The van der Waals surface area contributed by atoms with E-state index in [9.17, 15) is 0 Å². The monoisotopic (exact) mass is 440 g/mol. The second-order valence-corrected chi connectivity index (χ2v) is 7.89. The maximum Gasteiger partial charge on any atom is 0.173 e. The van der Waals surface area contributed by atoms with E-state index in [0.717, 1.165) is 61.1 Å². The highest BCUT2D eigenvalue weighted by Crippen LogP contribution is 2.35. The number of nitrogens with zero attached hydrogens (tertiary/aromatic N) is 3. The van der Waals surface area contributed by atoms with Crippen LogP contribution in [0.2, 0.25) is 0 Å². The van der Waals surface area contributed by atoms with Gasteiger partial charge in [0, 0.05) is 30.9 Å². The van der Waals surface area contributed by atoms with Crippen molar-refractivity contribution in [3.63, 3.8) is 0 Å². The summed E-state index contributed by atoms with van der Waals surface area (Å²) in [6.07, 6.45) is 0.933. The smallest absolute Gasteiger partial charge is 0.173 e. The number of benzene rings is 2. The summed E-state index contributed by atoms with van der Waals surface area (Å²) in [5.74, 6) is 2.63. The standard InChI is InChI=1S/C23H28N4O5/c1-28-21-12-16-18(13-22(21)30-9-3-6-26-7-10-29-11-8-26)25-15-27(23(16)24)19-4-2-5-20-17(19)14-31-32-20/h2,4-5,12-13H,3,6-11,14-15,24H2,1H3. The molecule has 9 nitrogen and oxygen atoms in total. The molecule has 2 aromatic rings. The van der Waals surface area contributed by atoms with Gasteiger partial charge in [0.1, 0.15) is 19.1 Å². The Morgan fingerprint density at radius 2 is 2.03 bits per heavy atom. The van der Waals surface area contributed by atoms with Crippen LogP contribution in [-0.4, -0.2) is 58.1 Å². The van der Waals surface area contributed by atoms with Gasteiger partial charge in [-0.25, -0.2) is 0 Å². The summed E-state index contributed by atoms with van der Waals surface area (Å²) in [6, 6.07) is 9.60. The van der Waals surface area contributed by atoms with Gasteiger partial charge in [-0.15, -0.1) is 0 Å². The summed E-state index contributed by atoms with van der Waals surface area (Å²) in [4.78, 5) is 19.5. The highest BCUT2D eigenvalue weighted by Gasteiger charge is 2.24. The van der Waals surface area contributed by atoms with Gasteiger partial charge in [-0.1, -0.05) is 6.07 Å². The molecule has 2 aromatic carbocycles. The topological polar surface area (TPSA) is 91.0 Å². The number of anilines is 1. The first-order valence-corrected chi connectivity index (χ1v) is 10.9. The number of fused-ring (bicyclic) bond motifs is 2. The zero-order chi connectivity index (χ0) is 21.9. The van der Waals surface area contributed by atoms with Crippen LogP contribution >= 0.6 is 0 Å². The maximum absolute atomic E-state index is 6.58. The molecule has 0 amide bonds. The summed E-state index contributed by atoms with van der Waals surface area (Å²) in [6.45, 7) is 5.95. The molecule has 0 saturated carbocycles. The zero-order valence-corrected chi connectivity index (χ0v) is 18.2. The van der Waals surface area contributed by atoms with E-state index in [1.807, 2.05) is 35.2 Å². The first kappa shape index (κ1) is 20.9. The van der Waals surface area contributed by atoms with Crippen LogP contribution < -0.4 is 35.6 Å². The minimum absolute atomic E-state index is 0.378. The molecule has 0 unspecified atom stereocenters. The van der Waals surface area contributed by atoms with E-state index in [-0.39, 0.29) is 0 Å². The van der Waals surface area contributed by atoms with Crippen molar-refractivity contribution in [2.24, 2.45) is 10.7 Å². The quantitative estimate of drug-likeness (QED) is 0.498. The summed E-state index contributed by atoms with van der Waals surface area (Å²) in [5, 5.41) is 1.61. The molecule has 2 N–H and O–H groups in total. The van der Waals surface area contributed by atoms with Crippen molar-refractivity contribution in [1.82, 2.24) is 4.90 Å². The molecule has 0 radical (unpaired) electrons. The highest BCUT2D eigenvalue weighted by molar-refractivity contribution is 5.72. The predicted octanol–water partition coefficient (Wildman–Crippen LogP) is 0.742. The Balaban J connectivity index is 1.35. The van der Waals surface area contributed by atoms with E-state index in [1.165, 1.54) is 0 Å². The molecule has 5 rings (SSSR count). The van der Waals surface area contributed by atoms with Crippen molar-refractivity contribution < 1.29 is 24.0 Å². The van der Waals surface area contributed by atoms with E-state index in [2.05, 4.69) is 4.90 Å². The van der Waals surface area contributed by atoms with E-state index in [0.29, 0.717) is 43.0 Å². The molecular formula is C23H28N4O5. The molecule has 170 valence electrons. The average molecular weight is 441 g/mol. The zero-order valence-electron chi connectivity index (χ0n) is 18.2. The second kappa shape index (κ2) is 9.23. The van der Waals surface area contributed by atoms with Crippen LogP contribution in [0.4, 0.5) is 5.69 Å². The molecule has 32 heavy (non-hydrogen) atoms. The van der Waals surface area contributed by atoms with Gasteiger partial charge in [-0.3, -0.25) is 9.89 Å². The van der Waals surface area contributed by atoms with Crippen LogP contribution in [0, 0.1) is 0 Å². The Hall–Kier alpha value is -3.01. The molecule has 3 heterocycles. The number of rotatable bonds is 7. The Kier molecular flexibility index (Phi) is 6.02. The van der Waals surface area contributed by atoms with Crippen molar-refractivity contribution in [1.29, 1.82) is 0 Å². The van der Waals surface area contributed by atoms with Crippen molar-refractivity contribution in [2.75, 3.05) is 58.1 Å². The molecule has 0 atom stereocenters. The van der Waals surface area contributed by atoms with Crippen LogP contribution in [0.15, 0.2) is 35.3 Å². The lowest BCUT2D eigenvalue weighted by Gasteiger charge is -2.27. The highest BCUT2D eigenvalue weighted by atomic mass is 17.2. The normalized spacial score (nSPS) is 17.9. The van der Waals surface area contributed by atoms with Gasteiger partial charge in [-0.05, 0) is 24.6 Å². The molecule has 0 bridgehead atoms. The Bertz CT molecular complexity index is 1100. The first-order valence-electron chi connectivity index (χ1n) is 10.9. The van der Waals surface area contributed by atoms with E-state index < -0.39 is 0 Å². The van der Waals surface area contributed by atoms with Crippen molar-refractivity contribution in [3.05, 3.63) is 46.5 Å². The minimum atomic E-state index is 0.378. The summed E-state index contributed by atoms with van der Waals surface area (Å²) < 4.78 is 17.1. The van der Waals surface area contributed by atoms with Gasteiger partial charge in [-0.2, -0.15) is 4.89 Å². The van der Waals surface area contributed by atoms with Gasteiger partial charge >= 0.3 is 0 Å². The van der Waals surface area contributed by atoms with Gasteiger partial charge in [0.25, 0.3) is 0 Å². The molecule has 0 spiro atoms. The average Bonchev–Trinajstić information content (AvgIpc) is 3.32. The number of hydrogen-bond acceptors (Lipinski definition) is 9. The number of nitrogens with two attached hydrogens (primary N) is 1. The molecule has 1 saturated heterocycles. The third kappa shape index (κ3) is 4.06. The Morgan fingerprint density at radius 3 is 2.88 bits per heavy atom. The first-order chi connectivity index (χ1) is 15.7. The van der Waals surface area contributed by atoms with Crippen molar-refractivity contribution in [3.8, 4) is 17.2 Å². The fraction of sp³-hybridized carbons (Fsp3) is 0.435. The molecule has 0 aromatic heterocycles. The third-order valence-corrected chi connectivity index (χ3v) is 5.96. The van der Waals surface area contributed by atoms with Crippen LogP contribution in [0.5, 0.6) is 17.2 Å². The van der Waals surface area contributed by atoms with Gasteiger partial charge in [0.2, 0.25) is 0 Å². The number of morpholine rings is 1. The molecule has 3 aliphatic rings. The van der Waals surface area contributed by atoms with Crippen molar-refractivity contribution in [2.45, 2.75) is 13.0 Å². The molecule has 3 aliphatic heterocycles. The van der Waals surface area contributed by atoms with Gasteiger partial charge in [0.15, 0.2) is 17.2 Å². The van der Waals surface area contributed by atoms with Crippen LogP contribution in [0.1, 0.15) is 12.0 Å². The maximum atomic E-state index is 6.58. The Labute approximate surface area is 186 Å². The number of methoxy groups -OCH3 is 1. The van der Waals surface area contributed by atoms with Crippen molar-refractivity contribution >= 4 is 11.5 Å². The molecule has 0 aliphatic carbocycles. The van der Waals surface area contributed by atoms with Gasteiger partial charge < -0.3 is 29.7 Å². The second-order valence-electron chi connectivity index (χ2n) is 7.89.